The summed E-state index contributed by atoms with van der Waals surface area (Å²) < 4.78 is 2.12. The lowest BCUT2D eigenvalue weighted by Gasteiger charge is -2.33. The van der Waals surface area contributed by atoms with Crippen LogP contribution in [0, 0.1) is 5.92 Å². The molecule has 2 atom stereocenters. The van der Waals surface area contributed by atoms with E-state index in [1.807, 2.05) is 6.33 Å². The highest BCUT2D eigenvalue weighted by Gasteiger charge is 2.26. The van der Waals surface area contributed by atoms with Gasteiger partial charge in [0.25, 0.3) is 0 Å². The predicted octanol–water partition coefficient (Wildman–Crippen LogP) is 1.24. The Kier molecular flexibility index (Phi) is 3.07. The largest absolute Gasteiger partial charge is 0.394 e. The van der Waals surface area contributed by atoms with Gasteiger partial charge in [-0.1, -0.05) is 6.42 Å². The van der Waals surface area contributed by atoms with Gasteiger partial charge >= 0.3 is 0 Å². The number of nitrogens with zero attached hydrogens (tertiary/aromatic N) is 2. The first kappa shape index (κ1) is 10.6. The molecular formula is C11H19N3O. The van der Waals surface area contributed by atoms with E-state index in [4.69, 9.17) is 10.8 Å². The Balaban J connectivity index is 2.15. The number of hydrogen-bond acceptors (Lipinski definition) is 3. The Labute approximate surface area is 90.1 Å². The lowest BCUT2D eigenvalue weighted by atomic mass is 9.80. The molecule has 4 heteroatoms. The minimum Gasteiger partial charge on any atom is -0.394 e. The zero-order chi connectivity index (χ0) is 10.8. The van der Waals surface area contributed by atoms with Gasteiger partial charge in [-0.15, -0.1) is 0 Å². The minimum absolute atomic E-state index is 0.0247. The molecule has 0 aliphatic heterocycles. The van der Waals surface area contributed by atoms with Crippen LogP contribution < -0.4 is 5.73 Å². The van der Waals surface area contributed by atoms with Gasteiger partial charge in [-0.25, -0.2) is 4.98 Å². The summed E-state index contributed by atoms with van der Waals surface area (Å²) in [5, 5.41) is 9.06. The van der Waals surface area contributed by atoms with Crippen LogP contribution in [0.5, 0.6) is 0 Å². The van der Waals surface area contributed by atoms with E-state index in [0.717, 1.165) is 11.6 Å². The molecule has 0 radical (unpaired) electrons. The Bertz CT molecular complexity index is 319. The van der Waals surface area contributed by atoms with Crippen molar-refractivity contribution >= 4 is 0 Å². The molecule has 1 saturated carbocycles. The zero-order valence-electron chi connectivity index (χ0n) is 9.13. The first-order valence-electron chi connectivity index (χ1n) is 5.62. The molecule has 0 bridgehead atoms. The van der Waals surface area contributed by atoms with Crippen LogP contribution >= 0.6 is 0 Å². The van der Waals surface area contributed by atoms with Crippen LogP contribution in [0.25, 0.3) is 0 Å². The fraction of sp³-hybridized carbons (Fsp3) is 0.727. The lowest BCUT2D eigenvalue weighted by Crippen LogP contribution is -2.26. The number of nitrogens with two attached hydrogens (primary N) is 1. The third-order valence-corrected chi connectivity index (χ3v) is 3.54. The first-order chi connectivity index (χ1) is 7.24. The van der Waals surface area contributed by atoms with Crippen molar-refractivity contribution in [1.82, 2.24) is 9.55 Å². The van der Waals surface area contributed by atoms with Crippen LogP contribution in [0.15, 0.2) is 12.5 Å². The maximum atomic E-state index is 9.06. The average molecular weight is 209 g/mol. The summed E-state index contributed by atoms with van der Waals surface area (Å²) in [6.45, 7) is 2.18. The van der Waals surface area contributed by atoms with E-state index in [2.05, 4.69) is 16.5 Å². The van der Waals surface area contributed by atoms with Gasteiger partial charge in [0.15, 0.2) is 0 Å². The van der Waals surface area contributed by atoms with Crippen LogP contribution in [0.1, 0.15) is 44.0 Å². The SMILES string of the molecule is CC(C1CCC1)n1cncc1C(N)CO. The second-order valence-electron chi connectivity index (χ2n) is 4.45. The Morgan fingerprint density at radius 3 is 2.93 bits per heavy atom. The van der Waals surface area contributed by atoms with Gasteiger partial charge < -0.3 is 15.4 Å². The van der Waals surface area contributed by atoms with Crippen molar-refractivity contribution in [2.24, 2.45) is 11.7 Å². The van der Waals surface area contributed by atoms with Gasteiger partial charge in [0, 0.05) is 12.2 Å². The molecule has 84 valence electrons. The number of hydrogen-bond donors (Lipinski definition) is 2. The quantitative estimate of drug-likeness (QED) is 0.784. The second-order valence-corrected chi connectivity index (χ2v) is 4.45. The van der Waals surface area contributed by atoms with E-state index >= 15 is 0 Å². The van der Waals surface area contributed by atoms with Crippen molar-refractivity contribution in [2.45, 2.75) is 38.3 Å². The fourth-order valence-corrected chi connectivity index (χ4v) is 2.19. The molecule has 2 unspecified atom stereocenters. The van der Waals surface area contributed by atoms with Crippen molar-refractivity contribution < 1.29 is 5.11 Å². The van der Waals surface area contributed by atoms with E-state index in [1.165, 1.54) is 19.3 Å². The van der Waals surface area contributed by atoms with Gasteiger partial charge in [0.1, 0.15) is 0 Å². The minimum atomic E-state index is -0.310. The molecule has 15 heavy (non-hydrogen) atoms. The van der Waals surface area contributed by atoms with E-state index < -0.39 is 0 Å². The summed E-state index contributed by atoms with van der Waals surface area (Å²) in [6.07, 6.45) is 7.52. The van der Waals surface area contributed by atoms with Crippen molar-refractivity contribution in [3.8, 4) is 0 Å². The van der Waals surface area contributed by atoms with E-state index in [1.54, 1.807) is 6.20 Å². The average Bonchev–Trinajstić information content (AvgIpc) is 2.62. The molecule has 0 spiro atoms. The van der Waals surface area contributed by atoms with Crippen LogP contribution in [0.4, 0.5) is 0 Å². The molecule has 0 amide bonds. The zero-order valence-corrected chi connectivity index (χ0v) is 9.13. The van der Waals surface area contributed by atoms with Crippen molar-refractivity contribution in [2.75, 3.05) is 6.61 Å². The highest BCUT2D eigenvalue weighted by Crippen LogP contribution is 2.36. The molecule has 1 fully saturated rings. The third-order valence-electron chi connectivity index (χ3n) is 3.54. The van der Waals surface area contributed by atoms with Crippen LogP contribution in [0.3, 0.4) is 0 Å². The van der Waals surface area contributed by atoms with Crippen molar-refractivity contribution in [3.05, 3.63) is 18.2 Å². The van der Waals surface area contributed by atoms with E-state index in [-0.39, 0.29) is 12.6 Å². The maximum absolute atomic E-state index is 9.06. The highest BCUT2D eigenvalue weighted by molar-refractivity contribution is 5.06. The Hall–Kier alpha value is -0.870. The van der Waals surface area contributed by atoms with E-state index in [0.29, 0.717) is 6.04 Å². The van der Waals surface area contributed by atoms with Gasteiger partial charge in [-0.05, 0) is 25.7 Å². The van der Waals surface area contributed by atoms with Crippen LogP contribution in [-0.2, 0) is 0 Å². The highest BCUT2D eigenvalue weighted by atomic mass is 16.3. The summed E-state index contributed by atoms with van der Waals surface area (Å²) >= 11 is 0. The van der Waals surface area contributed by atoms with Gasteiger partial charge in [0.2, 0.25) is 0 Å². The number of imidazole rings is 1. The number of rotatable bonds is 4. The van der Waals surface area contributed by atoms with Crippen LogP contribution in [-0.4, -0.2) is 21.3 Å². The van der Waals surface area contributed by atoms with Crippen LogP contribution in [0.2, 0.25) is 0 Å². The topological polar surface area (TPSA) is 64.1 Å². The molecule has 1 aromatic rings. The molecule has 3 N–H and O–H groups in total. The summed E-state index contributed by atoms with van der Waals surface area (Å²) in [7, 11) is 0. The number of aliphatic hydroxyl groups is 1. The third kappa shape index (κ3) is 1.92. The van der Waals surface area contributed by atoms with E-state index in [9.17, 15) is 0 Å². The molecule has 0 saturated heterocycles. The predicted molar refractivity (Wildman–Crippen MR) is 58.3 cm³/mol. The van der Waals surface area contributed by atoms with Crippen molar-refractivity contribution in [1.29, 1.82) is 0 Å². The monoisotopic (exact) mass is 209 g/mol. The normalized spacial score (nSPS) is 21.0. The molecule has 0 aromatic carbocycles. The Morgan fingerprint density at radius 1 is 1.67 bits per heavy atom. The van der Waals surface area contributed by atoms with Gasteiger partial charge in [-0.2, -0.15) is 0 Å². The molecule has 1 aromatic heterocycles. The summed E-state index contributed by atoms with van der Waals surface area (Å²) in [4.78, 5) is 4.12. The fourth-order valence-electron chi connectivity index (χ4n) is 2.19. The lowest BCUT2D eigenvalue weighted by molar-refractivity contribution is 0.211. The Morgan fingerprint density at radius 2 is 2.40 bits per heavy atom. The number of aromatic nitrogens is 2. The summed E-state index contributed by atoms with van der Waals surface area (Å²) in [6, 6.07) is 0.142. The molecule has 1 aliphatic rings. The molecule has 4 nitrogen and oxygen atoms in total. The molecule has 1 aliphatic carbocycles. The van der Waals surface area contributed by atoms with Crippen molar-refractivity contribution in [3.63, 3.8) is 0 Å². The summed E-state index contributed by atoms with van der Waals surface area (Å²) in [5.41, 5.74) is 6.77. The molecule has 2 rings (SSSR count). The van der Waals surface area contributed by atoms with Gasteiger partial charge in [0.05, 0.1) is 24.7 Å². The molecular weight excluding hydrogens is 190 g/mol. The standard InChI is InChI=1S/C11H19N3O/c1-8(9-3-2-4-9)14-7-13-5-11(14)10(12)6-15/h5,7-10,15H,2-4,6,12H2,1H3. The maximum Gasteiger partial charge on any atom is 0.0951 e. The second kappa shape index (κ2) is 4.33. The molecule has 1 heterocycles. The smallest absolute Gasteiger partial charge is 0.0951 e. The number of aliphatic hydroxyl groups excluding tert-OH is 1. The summed E-state index contributed by atoms with van der Waals surface area (Å²) in [5.74, 6) is 0.754. The van der Waals surface area contributed by atoms with Gasteiger partial charge in [-0.3, -0.25) is 0 Å². The first-order valence-corrected chi connectivity index (χ1v) is 5.62.